The lowest BCUT2D eigenvalue weighted by molar-refractivity contribution is -0.0264. The number of hydrogen-bond acceptors (Lipinski definition) is 21. The molecule has 0 saturated heterocycles. The highest BCUT2D eigenvalue weighted by Gasteiger charge is 2.08. The van der Waals surface area contributed by atoms with Gasteiger partial charge in [0.1, 0.15) is 24.7 Å². The Hall–Kier alpha value is -6.10. The van der Waals surface area contributed by atoms with Gasteiger partial charge in [-0.05, 0) is 79.9 Å². The molecule has 6 aromatic carbocycles. The van der Waals surface area contributed by atoms with Crippen LogP contribution in [0.2, 0.25) is 0 Å². The molecule has 21 nitrogen and oxygen atoms in total. The van der Waals surface area contributed by atoms with Gasteiger partial charge in [-0.1, -0.05) is 133 Å². The predicted octanol–water partition coefficient (Wildman–Crippen LogP) is 10.7. The van der Waals surface area contributed by atoms with E-state index in [1.165, 1.54) is 22.3 Å². The van der Waals surface area contributed by atoms with Gasteiger partial charge in [-0.3, -0.25) is 0 Å². The van der Waals surface area contributed by atoms with Crippen LogP contribution < -0.4 is 9.47 Å². The van der Waals surface area contributed by atoms with Gasteiger partial charge in [-0.25, -0.2) is 0 Å². The van der Waals surface area contributed by atoms with Crippen LogP contribution in [0.15, 0.2) is 158 Å². The predicted molar refractivity (Wildman–Crippen MR) is 379 cm³/mol. The lowest BCUT2D eigenvalue weighted by atomic mass is 9.96. The average molecular weight is 1380 g/mol. The Labute approximate surface area is 586 Å². The van der Waals surface area contributed by atoms with E-state index in [-0.39, 0.29) is 0 Å². The maximum absolute atomic E-state index is 5.93. The third kappa shape index (κ3) is 37.9. The summed E-state index contributed by atoms with van der Waals surface area (Å²) in [5.74, 6) is 1.59. The van der Waals surface area contributed by atoms with Crippen LogP contribution in [0.25, 0.3) is 55.6 Å². The summed E-state index contributed by atoms with van der Waals surface area (Å²) in [6.07, 6.45) is 3.85. The van der Waals surface area contributed by atoms with E-state index in [1.54, 1.807) is 0 Å². The molecule has 0 N–H and O–H groups in total. The molecule has 0 amide bonds. The fourth-order valence-corrected chi connectivity index (χ4v) is 9.52. The molecule has 0 radical (unpaired) electrons. The molecule has 544 valence electrons. The highest BCUT2D eigenvalue weighted by molar-refractivity contribution is 5.76. The number of benzene rings is 6. The van der Waals surface area contributed by atoms with E-state index in [1.807, 2.05) is 36.4 Å². The molecule has 0 fully saturated rings. The summed E-state index contributed by atoms with van der Waals surface area (Å²) in [5.41, 5.74) is 11.5. The first-order valence-electron chi connectivity index (χ1n) is 34.8. The molecule has 0 aromatic heterocycles. The van der Waals surface area contributed by atoms with E-state index >= 15 is 0 Å². The van der Waals surface area contributed by atoms with Crippen LogP contribution in [0.5, 0.6) is 11.5 Å². The van der Waals surface area contributed by atoms with Gasteiger partial charge in [0.15, 0.2) is 0 Å². The Morgan fingerprint density at radius 3 is 0.374 bits per heavy atom. The molecule has 0 atom stereocenters. The summed E-state index contributed by atoms with van der Waals surface area (Å²) >= 11 is 0. The van der Waals surface area contributed by atoms with Gasteiger partial charge in [0.05, 0.1) is 251 Å². The van der Waals surface area contributed by atoms with E-state index in [0.717, 1.165) is 44.9 Å². The molecular formula is C78H106O21. The molecule has 7 heterocycles. The van der Waals surface area contributed by atoms with Crippen molar-refractivity contribution >= 4 is 0 Å². The van der Waals surface area contributed by atoms with Crippen LogP contribution in [0, 0.1) is 0 Å². The molecule has 0 unspecified atom stereocenters. The van der Waals surface area contributed by atoms with Crippen LogP contribution in [0.4, 0.5) is 0 Å². The molecule has 7 aliphatic rings. The zero-order valence-electron chi connectivity index (χ0n) is 57.9. The quantitative estimate of drug-likeness (QED) is 0.130. The first-order valence-corrected chi connectivity index (χ1v) is 34.8. The van der Waals surface area contributed by atoms with Gasteiger partial charge in [-0.15, -0.1) is 0 Å². The van der Waals surface area contributed by atoms with E-state index < -0.39 is 0 Å². The highest BCUT2D eigenvalue weighted by Crippen LogP contribution is 2.31. The number of hydrogen-bond donors (Lipinski definition) is 0. The molecule has 13 rings (SSSR count). The second-order valence-corrected chi connectivity index (χ2v) is 22.1. The van der Waals surface area contributed by atoms with E-state index in [0.29, 0.717) is 264 Å². The van der Waals surface area contributed by atoms with Crippen LogP contribution >= 0.6 is 0 Å². The minimum atomic E-state index is 0.447. The van der Waals surface area contributed by atoms with Crippen molar-refractivity contribution in [3.63, 3.8) is 0 Å². The van der Waals surface area contributed by atoms with Crippen molar-refractivity contribution in [3.8, 4) is 67.1 Å². The molecule has 0 spiro atoms. The second kappa shape index (κ2) is 55.6. The largest absolute Gasteiger partial charge is 0.491 e. The Morgan fingerprint density at radius 1 is 0.121 bits per heavy atom. The Bertz CT molecular complexity index is 2860. The number of fused-ring (bicyclic) bond motifs is 6. The number of ether oxygens (including phenoxy) is 21. The van der Waals surface area contributed by atoms with Crippen LogP contribution in [0.3, 0.4) is 0 Å². The van der Waals surface area contributed by atoms with E-state index in [9.17, 15) is 0 Å². The van der Waals surface area contributed by atoms with Crippen molar-refractivity contribution in [3.05, 3.63) is 158 Å². The maximum Gasteiger partial charge on any atom is 0.119 e. The van der Waals surface area contributed by atoms with Crippen LogP contribution in [-0.4, -0.2) is 264 Å². The molecule has 99 heavy (non-hydrogen) atoms. The molecule has 21 heteroatoms. The summed E-state index contributed by atoms with van der Waals surface area (Å²) in [6.45, 7) is 19.3. The first-order chi connectivity index (χ1) is 49.3. The van der Waals surface area contributed by atoms with Crippen molar-refractivity contribution in [1.82, 2.24) is 0 Å². The van der Waals surface area contributed by atoms with Gasteiger partial charge in [-0.2, -0.15) is 0 Å². The Morgan fingerprint density at radius 2 is 0.232 bits per heavy atom. The lowest BCUT2D eigenvalue weighted by Crippen LogP contribution is -2.15. The molecule has 0 aliphatic carbocycles. The fraction of sp³-hybridized carbons (Fsp3) is 0.513. The zero-order valence-corrected chi connectivity index (χ0v) is 57.9. The summed E-state index contributed by atoms with van der Waals surface area (Å²) in [5, 5.41) is 0. The maximum atomic E-state index is 5.93. The topological polar surface area (TPSA) is 194 Å². The van der Waals surface area contributed by atoms with Crippen molar-refractivity contribution in [1.29, 1.82) is 0 Å². The van der Waals surface area contributed by atoms with Gasteiger partial charge >= 0.3 is 0 Å². The molecular weight excluding hydrogens is 1270 g/mol. The van der Waals surface area contributed by atoms with Crippen molar-refractivity contribution < 1.29 is 99.5 Å². The zero-order chi connectivity index (χ0) is 68.4. The van der Waals surface area contributed by atoms with E-state index in [2.05, 4.69) is 121 Å². The molecule has 6 aromatic rings. The summed E-state index contributed by atoms with van der Waals surface area (Å²) in [4.78, 5) is 0. The second-order valence-electron chi connectivity index (χ2n) is 22.1. The molecule has 0 saturated carbocycles. The van der Waals surface area contributed by atoms with Gasteiger partial charge in [0.2, 0.25) is 0 Å². The highest BCUT2D eigenvalue weighted by atomic mass is 16.6. The third-order valence-corrected chi connectivity index (χ3v) is 14.8. The standard InChI is InChI=1S/C78H106O21/c1-2-28-80-30-32-82-34-36-84-38-40-86-42-44-88-47-49-90-51-53-92-55-57-94-59-61-96-63-65-98-77-23-19-75(20-24-77)73-15-11-71(12-16-73)69-7-3-67(4-8-69)68-5-9-70(10-6-68)72-13-17-74(18-14-72)76-21-25-78(26-22-76)99-66-64-97-62-60-95-58-56-93-54-52-91-50-48-89-46-45-87-43-41-85-39-37-83-35-33-81-31-29-79-27-1/h1-26H,27-66H2/b2-1+. The Kier molecular flexibility index (Phi) is 45.0. The van der Waals surface area contributed by atoms with Crippen LogP contribution in [-0.2, 0) is 90.0 Å². The van der Waals surface area contributed by atoms with Crippen molar-refractivity contribution in [2.45, 2.75) is 0 Å². The minimum Gasteiger partial charge on any atom is -0.491 e. The van der Waals surface area contributed by atoms with Crippen molar-refractivity contribution in [2.24, 2.45) is 0 Å². The van der Waals surface area contributed by atoms with Gasteiger partial charge in [0.25, 0.3) is 0 Å². The summed E-state index contributed by atoms with van der Waals surface area (Å²) in [7, 11) is 0. The fourth-order valence-electron chi connectivity index (χ4n) is 9.52. The normalized spacial score (nSPS) is 19.4. The smallest absolute Gasteiger partial charge is 0.119 e. The molecule has 12 bridgehead atoms. The summed E-state index contributed by atoms with van der Waals surface area (Å²) < 4.78 is 118. The average Bonchev–Trinajstić information content (AvgIpc) is 0.942. The Balaban J connectivity index is 0.718. The molecule has 7 aliphatic heterocycles. The summed E-state index contributed by atoms with van der Waals surface area (Å²) in [6, 6.07) is 51.2. The number of rotatable bonds is 0. The monoisotopic (exact) mass is 1380 g/mol. The van der Waals surface area contributed by atoms with Crippen molar-refractivity contribution in [2.75, 3.05) is 264 Å². The lowest BCUT2D eigenvalue weighted by Gasteiger charge is -2.10. The third-order valence-electron chi connectivity index (χ3n) is 14.8. The van der Waals surface area contributed by atoms with E-state index in [4.69, 9.17) is 99.5 Å². The van der Waals surface area contributed by atoms with Crippen LogP contribution in [0.1, 0.15) is 0 Å². The minimum absolute atomic E-state index is 0.447. The first kappa shape index (κ1) is 80.2. The van der Waals surface area contributed by atoms with Gasteiger partial charge in [0, 0.05) is 0 Å². The SMILES string of the molecule is C1=C/COCCOCCOCCOCCOCCOCCOCCOCCOCCOc2ccc(cc2)-c2ccc(cc2)-c2ccc(cc2)-c2ccc(cc2)-c2ccc(cc2)-c2ccc(cc2)OCCOCCOCCOCCOCCOCCOCCOCCOCCOCCOC/1. The van der Waals surface area contributed by atoms with Gasteiger partial charge < -0.3 is 99.5 Å².